The number of aliphatic hydroxyl groups excluding tert-OH is 1. The van der Waals surface area contributed by atoms with E-state index in [9.17, 15) is 4.57 Å². The maximum atomic E-state index is 10.4. The first kappa shape index (κ1) is 8.94. The molecule has 0 saturated heterocycles. The molecular weight excluding hydrogens is 167 g/mol. The second kappa shape index (κ2) is 2.72. The van der Waals surface area contributed by atoms with Gasteiger partial charge in [0.05, 0.1) is 12.3 Å². The Morgan fingerprint density at radius 1 is 1.73 bits per heavy atom. The van der Waals surface area contributed by atoms with Crippen LogP contribution >= 0.6 is 7.60 Å². The Morgan fingerprint density at radius 2 is 2.18 bits per heavy atom. The maximum Gasteiger partial charge on any atom is 0.328 e. The Kier molecular flexibility index (Phi) is 2.21. The van der Waals surface area contributed by atoms with Crippen LogP contribution in [-0.2, 0) is 4.57 Å². The third-order valence-corrected chi connectivity index (χ3v) is 2.59. The summed E-state index contributed by atoms with van der Waals surface area (Å²) in [5.74, 6) is -0.0809. The summed E-state index contributed by atoms with van der Waals surface area (Å²) >= 11 is 0. The predicted octanol–water partition coefficient (Wildman–Crippen LogP) is 0.101. The van der Waals surface area contributed by atoms with Gasteiger partial charge in [0.15, 0.2) is 0 Å². The molecule has 2 unspecified atom stereocenters. The fraction of sp³-hybridized carbons (Fsp3) is 0.667. The Bertz CT molecular complexity index is 219. The molecule has 1 saturated carbocycles. The van der Waals surface area contributed by atoms with Gasteiger partial charge in [0.25, 0.3) is 0 Å². The highest BCUT2D eigenvalue weighted by molar-refractivity contribution is 7.51. The fourth-order valence-electron chi connectivity index (χ4n) is 1.00. The number of rotatable bonds is 3. The molecule has 0 aliphatic heterocycles. The van der Waals surface area contributed by atoms with Crippen molar-refractivity contribution in [2.24, 2.45) is 5.92 Å². The molecule has 0 radical (unpaired) electrons. The molecule has 4 nitrogen and oxygen atoms in total. The zero-order valence-corrected chi connectivity index (χ0v) is 6.87. The Hall–Kier alpha value is -0.150. The van der Waals surface area contributed by atoms with Gasteiger partial charge < -0.3 is 14.9 Å². The first-order valence-electron chi connectivity index (χ1n) is 3.30. The number of hydrogen-bond donors (Lipinski definition) is 3. The minimum Gasteiger partial charge on any atom is -0.392 e. The smallest absolute Gasteiger partial charge is 0.328 e. The van der Waals surface area contributed by atoms with Crippen molar-refractivity contribution in [3.05, 3.63) is 12.2 Å². The van der Waals surface area contributed by atoms with Gasteiger partial charge in [0.2, 0.25) is 0 Å². The average Bonchev–Trinajstić information content (AvgIpc) is 2.41. The van der Waals surface area contributed by atoms with Gasteiger partial charge in [0.1, 0.15) is 0 Å². The molecule has 0 bridgehead atoms. The number of aliphatic hydroxyl groups is 1. The first-order valence-corrected chi connectivity index (χ1v) is 5.10. The van der Waals surface area contributed by atoms with Gasteiger partial charge >= 0.3 is 7.60 Å². The fourth-order valence-corrected chi connectivity index (χ4v) is 1.74. The van der Waals surface area contributed by atoms with E-state index in [-0.39, 0.29) is 5.92 Å². The normalized spacial score (nSPS) is 26.8. The van der Waals surface area contributed by atoms with Crippen LogP contribution < -0.4 is 0 Å². The lowest BCUT2D eigenvalue weighted by molar-refractivity contribution is 0.171. The van der Waals surface area contributed by atoms with Gasteiger partial charge in [-0.3, -0.25) is 4.57 Å². The molecule has 11 heavy (non-hydrogen) atoms. The summed E-state index contributed by atoms with van der Waals surface area (Å²) in [4.78, 5) is 16.9. The zero-order chi connectivity index (χ0) is 8.65. The molecule has 1 aliphatic rings. The van der Waals surface area contributed by atoms with Crippen LogP contribution in [0.15, 0.2) is 12.2 Å². The van der Waals surface area contributed by atoms with E-state index in [2.05, 4.69) is 6.58 Å². The zero-order valence-electron chi connectivity index (χ0n) is 5.97. The SMILES string of the molecule is C=C1CC1C(O)CP(=O)(O)O. The van der Waals surface area contributed by atoms with Crippen molar-refractivity contribution in [1.82, 2.24) is 0 Å². The molecule has 64 valence electrons. The van der Waals surface area contributed by atoms with Crippen molar-refractivity contribution in [1.29, 1.82) is 0 Å². The van der Waals surface area contributed by atoms with Gasteiger partial charge in [-0.15, -0.1) is 0 Å². The van der Waals surface area contributed by atoms with Crippen LogP contribution in [0.3, 0.4) is 0 Å². The van der Waals surface area contributed by atoms with E-state index in [1.807, 2.05) is 0 Å². The first-order chi connectivity index (χ1) is 4.90. The lowest BCUT2D eigenvalue weighted by Crippen LogP contribution is -2.14. The topological polar surface area (TPSA) is 77.8 Å². The molecule has 3 N–H and O–H groups in total. The van der Waals surface area contributed by atoms with Gasteiger partial charge in [-0.25, -0.2) is 0 Å². The van der Waals surface area contributed by atoms with E-state index in [1.54, 1.807) is 0 Å². The monoisotopic (exact) mass is 178 g/mol. The second-order valence-electron chi connectivity index (χ2n) is 2.88. The van der Waals surface area contributed by atoms with E-state index in [0.29, 0.717) is 6.42 Å². The van der Waals surface area contributed by atoms with Crippen molar-refractivity contribution in [2.45, 2.75) is 12.5 Å². The van der Waals surface area contributed by atoms with Gasteiger partial charge in [-0.05, 0) is 6.42 Å². The molecule has 0 aromatic carbocycles. The van der Waals surface area contributed by atoms with Crippen molar-refractivity contribution >= 4 is 7.60 Å². The van der Waals surface area contributed by atoms with Crippen LogP contribution in [0.2, 0.25) is 0 Å². The summed E-state index contributed by atoms with van der Waals surface area (Å²) in [6, 6.07) is 0. The van der Waals surface area contributed by atoms with Gasteiger partial charge in [0, 0.05) is 5.92 Å². The molecule has 0 aromatic heterocycles. The summed E-state index contributed by atoms with van der Waals surface area (Å²) in [5, 5.41) is 9.14. The van der Waals surface area contributed by atoms with E-state index < -0.39 is 19.9 Å². The van der Waals surface area contributed by atoms with Crippen LogP contribution in [0.4, 0.5) is 0 Å². The summed E-state index contributed by atoms with van der Waals surface area (Å²) in [7, 11) is -4.05. The van der Waals surface area contributed by atoms with E-state index in [4.69, 9.17) is 14.9 Å². The maximum absolute atomic E-state index is 10.4. The van der Waals surface area contributed by atoms with Crippen molar-refractivity contribution in [3.63, 3.8) is 0 Å². The Morgan fingerprint density at radius 3 is 2.45 bits per heavy atom. The minimum atomic E-state index is -4.05. The molecule has 1 fully saturated rings. The lowest BCUT2D eigenvalue weighted by atomic mass is 10.2. The van der Waals surface area contributed by atoms with Crippen LogP contribution in [0.25, 0.3) is 0 Å². The van der Waals surface area contributed by atoms with Gasteiger partial charge in [-0.1, -0.05) is 12.2 Å². The highest BCUT2D eigenvalue weighted by Crippen LogP contribution is 2.44. The van der Waals surface area contributed by atoms with E-state index >= 15 is 0 Å². The molecule has 5 heteroatoms. The van der Waals surface area contributed by atoms with Crippen molar-refractivity contribution in [2.75, 3.05) is 6.16 Å². The molecule has 2 atom stereocenters. The molecule has 1 aliphatic carbocycles. The van der Waals surface area contributed by atoms with Crippen LogP contribution in [-0.4, -0.2) is 27.2 Å². The number of hydrogen-bond acceptors (Lipinski definition) is 2. The van der Waals surface area contributed by atoms with E-state index in [1.165, 1.54) is 0 Å². The summed E-state index contributed by atoms with van der Waals surface area (Å²) in [6.07, 6.45) is -0.666. The quantitative estimate of drug-likeness (QED) is 0.423. The summed E-state index contributed by atoms with van der Waals surface area (Å²) < 4.78 is 10.4. The summed E-state index contributed by atoms with van der Waals surface area (Å²) in [5.41, 5.74) is 0.881. The van der Waals surface area contributed by atoms with Crippen molar-refractivity contribution < 1.29 is 19.5 Å². The molecule has 1 rings (SSSR count). The summed E-state index contributed by atoms with van der Waals surface area (Å²) in [6.45, 7) is 3.59. The van der Waals surface area contributed by atoms with Crippen molar-refractivity contribution in [3.8, 4) is 0 Å². The highest BCUT2D eigenvalue weighted by Gasteiger charge is 2.37. The molecule has 0 aromatic rings. The second-order valence-corrected chi connectivity index (χ2v) is 4.58. The third kappa shape index (κ3) is 2.75. The molecule has 0 spiro atoms. The van der Waals surface area contributed by atoms with Crippen LogP contribution in [0.5, 0.6) is 0 Å². The Labute approximate surface area is 64.7 Å². The van der Waals surface area contributed by atoms with Gasteiger partial charge in [-0.2, -0.15) is 0 Å². The Balaban J connectivity index is 2.38. The molecule has 0 amide bonds. The van der Waals surface area contributed by atoms with Crippen LogP contribution in [0, 0.1) is 5.92 Å². The third-order valence-electron chi connectivity index (χ3n) is 1.74. The molecule has 0 heterocycles. The molecular formula is C6H11O4P. The minimum absolute atomic E-state index is 0.0809. The highest BCUT2D eigenvalue weighted by atomic mass is 31.2. The lowest BCUT2D eigenvalue weighted by Gasteiger charge is -2.08. The van der Waals surface area contributed by atoms with Crippen LogP contribution in [0.1, 0.15) is 6.42 Å². The predicted molar refractivity (Wildman–Crippen MR) is 40.2 cm³/mol. The largest absolute Gasteiger partial charge is 0.392 e. The standard InChI is InChI=1S/C6H11O4P/c1-4-2-5(4)6(7)3-11(8,9)10/h5-7H,1-3H2,(H2,8,9,10). The average molecular weight is 178 g/mol. The van der Waals surface area contributed by atoms with E-state index in [0.717, 1.165) is 5.57 Å².